The number of aliphatic hydroxyl groups excluding tert-OH is 12. The number of fused-ring (bicyclic) bond motifs is 18. The highest BCUT2D eigenvalue weighted by Gasteiger charge is 2.70. The van der Waals surface area contributed by atoms with Gasteiger partial charge in [0.1, 0.15) is 48.5 Å². The third-order valence-corrected chi connectivity index (χ3v) is 32.4. The highest BCUT2D eigenvalue weighted by atomic mass is 16.6. The van der Waals surface area contributed by atoms with Gasteiger partial charge in [-0.05, 0) is 128 Å². The smallest absolute Gasteiger partial charge is 0.341 e. The summed E-state index contributed by atoms with van der Waals surface area (Å²) in [7, 11) is 0. The lowest BCUT2D eigenvalue weighted by Crippen LogP contribution is -2.51. The van der Waals surface area contributed by atoms with Crippen molar-refractivity contribution in [3.63, 3.8) is 0 Å². The minimum Gasteiger partial charge on any atom is -0.461 e. The number of ketones is 2. The topological polar surface area (TPSA) is 522 Å². The van der Waals surface area contributed by atoms with Crippen LogP contribution in [0.3, 0.4) is 0 Å². The SMILES string of the molecule is C=C(CC)C(=O)OC1CC(=C)C2CC(O)C(C)C2C2OC(=O)C(=C)C12.C=C1CC(O)C2C(=C)C(=O)OC2C2C(=C)C(=O)CC12.C=C1CC(O)C2C(C)C(=O)OC2C2C(=C)C(O)CC12.C=C1CC(O)C2C(OC(=O)C2(O)CO)C2C(=C)C(O)CC12.C=C1CC(O)C2C(OC(=O)C2(O)CO)C2C(C)C(=O)CC12.C=C1CC(O)C2C(OC(=O)C2(O)CO)C2C1CC(O)C2C. The Morgan fingerprint density at radius 3 is 1.25 bits per heavy atom. The van der Waals surface area contributed by atoms with E-state index in [2.05, 4.69) is 78.9 Å². The lowest BCUT2D eigenvalue weighted by molar-refractivity contribution is -0.161. The lowest BCUT2D eigenvalue weighted by Gasteiger charge is -2.32. The van der Waals surface area contributed by atoms with E-state index in [0.29, 0.717) is 86.5 Å². The molecule has 12 aliphatic carbocycles. The Balaban J connectivity index is 0.000000130. The van der Waals surface area contributed by atoms with Gasteiger partial charge < -0.3 is 110 Å². The molecule has 6 saturated heterocycles. The van der Waals surface area contributed by atoms with E-state index in [1.165, 1.54) is 0 Å². The molecule has 0 aromatic rings. The number of carbonyl (C=O) groups excluding carboxylic acids is 9. The summed E-state index contributed by atoms with van der Waals surface area (Å²) in [4.78, 5) is 108. The number of hydrogen-bond donors (Lipinski definition) is 15. The van der Waals surface area contributed by atoms with Gasteiger partial charge in [0, 0.05) is 83.3 Å². The van der Waals surface area contributed by atoms with Gasteiger partial charge in [-0.25, -0.2) is 28.8 Å². The predicted molar refractivity (Wildman–Crippen MR) is 444 cm³/mol. The Kier molecular flexibility index (Phi) is 27.0. The first-order chi connectivity index (χ1) is 59.0. The van der Waals surface area contributed by atoms with Crippen LogP contribution in [0.2, 0.25) is 0 Å². The summed E-state index contributed by atoms with van der Waals surface area (Å²) in [5.41, 5.74) is 1.46. The summed E-state index contributed by atoms with van der Waals surface area (Å²) >= 11 is 0. The molecule has 0 bridgehead atoms. The maximum absolute atomic E-state index is 12.3. The van der Waals surface area contributed by atoms with Crippen LogP contribution in [0.4, 0.5) is 0 Å². The van der Waals surface area contributed by atoms with Gasteiger partial charge in [-0.15, -0.1) is 0 Å². The van der Waals surface area contributed by atoms with Crippen molar-refractivity contribution in [2.75, 3.05) is 19.8 Å². The molecule has 0 aromatic heterocycles. The van der Waals surface area contributed by atoms with Crippen LogP contribution in [0.5, 0.6) is 0 Å². The first kappa shape index (κ1) is 95.5. The third-order valence-electron chi connectivity index (χ3n) is 32.4. The molecule has 0 radical (unpaired) electrons. The van der Waals surface area contributed by atoms with Gasteiger partial charge in [0.2, 0.25) is 0 Å². The molecule has 41 atom stereocenters. The molecule has 6 aliphatic heterocycles. The maximum Gasteiger partial charge on any atom is 0.341 e. The molecule has 0 aromatic carbocycles. The van der Waals surface area contributed by atoms with Crippen molar-refractivity contribution >= 4 is 53.4 Å². The second-order valence-electron chi connectivity index (χ2n) is 39.0. The highest BCUT2D eigenvalue weighted by molar-refractivity contribution is 5.99. The van der Waals surface area contributed by atoms with Crippen LogP contribution in [-0.2, 0) is 76.3 Å². The van der Waals surface area contributed by atoms with E-state index >= 15 is 0 Å². The van der Waals surface area contributed by atoms with Crippen molar-refractivity contribution in [1.82, 2.24) is 0 Å². The Morgan fingerprint density at radius 2 is 0.770 bits per heavy atom. The second kappa shape index (κ2) is 35.6. The minimum atomic E-state index is -2.12. The van der Waals surface area contributed by atoms with Gasteiger partial charge in [-0.1, -0.05) is 147 Å². The Hall–Kier alpha value is -8.09. The summed E-state index contributed by atoms with van der Waals surface area (Å²) in [6.45, 7) is 54.0. The van der Waals surface area contributed by atoms with Crippen LogP contribution < -0.4 is 0 Å². The van der Waals surface area contributed by atoms with Gasteiger partial charge >= 0.3 is 41.8 Å². The molecule has 126 heavy (non-hydrogen) atoms. The molecule has 0 amide bonds. The van der Waals surface area contributed by atoms with E-state index in [0.717, 1.165) is 39.0 Å². The molecular weight excluding hydrogens is 1640 g/mol. The van der Waals surface area contributed by atoms with Crippen LogP contribution in [0, 0.1) is 130 Å². The van der Waals surface area contributed by atoms with Gasteiger partial charge in [-0.3, -0.25) is 14.4 Å². The molecule has 12 saturated carbocycles. The van der Waals surface area contributed by atoms with E-state index in [9.17, 15) is 120 Å². The Bertz CT molecular complexity index is 4580. The van der Waals surface area contributed by atoms with Crippen LogP contribution in [0.1, 0.15) is 118 Å². The maximum atomic E-state index is 12.3. The van der Waals surface area contributed by atoms with Crippen LogP contribution in [0.25, 0.3) is 0 Å². The number of Topliss-reactive ketones (excluding diaryl/α,β-unsaturated/α-hetero) is 2. The molecule has 18 fully saturated rings. The van der Waals surface area contributed by atoms with E-state index < -0.39 is 194 Å². The summed E-state index contributed by atoms with van der Waals surface area (Å²) in [6.07, 6.45) is -5.58. The fourth-order valence-electron chi connectivity index (χ4n) is 25.2. The highest BCUT2D eigenvalue weighted by Crippen LogP contribution is 2.60. The zero-order valence-corrected chi connectivity index (χ0v) is 72.0. The molecule has 15 N–H and O–H groups in total. The van der Waals surface area contributed by atoms with Crippen LogP contribution in [0.15, 0.2) is 146 Å². The fraction of sp³-hybridized carbons (Fsp3) is 0.653. The second-order valence-corrected chi connectivity index (χ2v) is 39.0. The first-order valence-corrected chi connectivity index (χ1v) is 43.8. The third kappa shape index (κ3) is 15.8. The monoisotopic (exact) mass is 1760 g/mol. The molecule has 690 valence electrons. The standard InChI is InChI=1S/C20H26O5.C15H22O6.2C15H20O6.C15H20O4.C15H16O4/c1-6-9(2)19(22)24-15-7-10(3)13-8-14(21)11(4)16(13)18-17(15)12(5)20(23)25-18;3*1-6-3-10(18)12-13(21-14(19)15(12,20)5-16)11-7(2)9(17)4-8(6)11;2*1-6-4-11(17)13-8(3)15(18)19-14(13)12-7(2)10(16)5-9(6)12/h11,13-18,21H,2-3,5-8H2,1,4H3;7-13,16-18,20H,1,3-5H2,2H3;7-8,10-13,16,18,20H,1,3-5H2,2H3;8-13,16-18,20H,1-5H2;8-14,16-17H,1-2,4-5H2,3H3;9,11-14,17H,1-5H2. The normalized spacial score (nSPS) is 47.2. The summed E-state index contributed by atoms with van der Waals surface area (Å²) in [5, 5.41) is 152. The molecule has 18 rings (SSSR count). The van der Waals surface area contributed by atoms with Crippen LogP contribution >= 0.6 is 0 Å². The molecule has 41 unspecified atom stereocenters. The van der Waals surface area contributed by atoms with Crippen molar-refractivity contribution in [2.45, 2.75) is 233 Å². The lowest BCUT2D eigenvalue weighted by atomic mass is 9.75. The van der Waals surface area contributed by atoms with Gasteiger partial charge in [0.25, 0.3) is 0 Å². The zero-order chi connectivity index (χ0) is 92.8. The molecule has 6 heterocycles. The van der Waals surface area contributed by atoms with Crippen molar-refractivity contribution in [3.8, 4) is 0 Å². The predicted octanol–water partition coefficient (Wildman–Crippen LogP) is 2.50. The van der Waals surface area contributed by atoms with Gasteiger partial charge in [-0.2, -0.15) is 0 Å². The summed E-state index contributed by atoms with van der Waals surface area (Å²) in [6, 6.07) is 0. The van der Waals surface area contributed by atoms with E-state index in [4.69, 9.17) is 33.2 Å². The number of aliphatic hydroxyl groups is 15. The van der Waals surface area contributed by atoms with Crippen molar-refractivity contribution in [2.24, 2.45) is 130 Å². The zero-order valence-electron chi connectivity index (χ0n) is 72.0. The van der Waals surface area contributed by atoms with Crippen molar-refractivity contribution in [1.29, 1.82) is 0 Å². The van der Waals surface area contributed by atoms with E-state index in [1.807, 2.05) is 20.8 Å². The quantitative estimate of drug-likeness (QED) is 0.0786. The number of carbonyl (C=O) groups is 9. The molecule has 18 aliphatic rings. The molecule has 31 heteroatoms. The summed E-state index contributed by atoms with van der Waals surface area (Å²) < 4.78 is 38.1. The number of esters is 7. The van der Waals surface area contributed by atoms with Gasteiger partial charge in [0.15, 0.2) is 22.6 Å². The number of rotatable bonds is 6. The fourth-order valence-corrected chi connectivity index (χ4v) is 25.2. The Morgan fingerprint density at radius 1 is 0.381 bits per heavy atom. The Labute approximate surface area is 731 Å². The van der Waals surface area contributed by atoms with Crippen molar-refractivity contribution < 1.29 is 153 Å². The average Bonchev–Trinajstić information content (AvgIpc) is 1.58. The minimum absolute atomic E-state index is 0.000138. The number of ether oxygens (including phenoxy) is 7. The largest absolute Gasteiger partial charge is 0.461 e. The molecular formula is C95H124O31. The van der Waals surface area contributed by atoms with Crippen LogP contribution in [-0.4, -0.2) is 264 Å². The number of hydrogen-bond acceptors (Lipinski definition) is 31. The molecule has 31 nitrogen and oxygen atoms in total. The first-order valence-electron chi connectivity index (χ1n) is 43.8. The molecule has 0 spiro atoms. The van der Waals surface area contributed by atoms with Crippen molar-refractivity contribution in [3.05, 3.63) is 146 Å². The average molecular weight is 1760 g/mol. The van der Waals surface area contributed by atoms with E-state index in [-0.39, 0.29) is 149 Å². The van der Waals surface area contributed by atoms with Gasteiger partial charge in [0.05, 0.1) is 110 Å². The summed E-state index contributed by atoms with van der Waals surface area (Å²) in [5.74, 6) is -10.5. The van der Waals surface area contributed by atoms with E-state index in [1.54, 1.807) is 13.8 Å².